The molecule has 10 heavy (non-hydrogen) atoms. The van der Waals surface area contributed by atoms with Gasteiger partial charge in [0, 0.05) is 5.69 Å². The first kappa shape index (κ1) is 7.68. The van der Waals surface area contributed by atoms with Gasteiger partial charge in [-0.3, -0.25) is 4.98 Å². The van der Waals surface area contributed by atoms with E-state index in [0.29, 0.717) is 0 Å². The van der Waals surface area contributed by atoms with Gasteiger partial charge in [0.15, 0.2) is 0 Å². The summed E-state index contributed by atoms with van der Waals surface area (Å²) in [6.45, 7) is 6.30. The largest absolute Gasteiger partial charge is 0.254 e. The normalized spacial score (nSPS) is 11.1. The van der Waals surface area contributed by atoms with Gasteiger partial charge in [0.1, 0.15) is 0 Å². The lowest BCUT2D eigenvalue weighted by Gasteiger charge is -1.99. The fourth-order valence-corrected chi connectivity index (χ4v) is 1.63. The summed E-state index contributed by atoms with van der Waals surface area (Å²) in [5, 5.41) is 0. The van der Waals surface area contributed by atoms with Crippen molar-refractivity contribution in [1.29, 1.82) is 0 Å². The fourth-order valence-electron chi connectivity index (χ4n) is 0.969. The van der Waals surface area contributed by atoms with Crippen molar-refractivity contribution < 1.29 is 0 Å². The first-order valence-electron chi connectivity index (χ1n) is 3.35. The van der Waals surface area contributed by atoms with E-state index < -0.39 is 0 Å². The molecule has 0 aliphatic rings. The summed E-state index contributed by atoms with van der Waals surface area (Å²) in [5.74, 6) is 0. The molecule has 1 aromatic rings. The second-order valence-corrected chi connectivity index (χ2v) is 3.43. The Hall–Kier alpha value is -0.420. The number of rotatable bonds is 1. The van der Waals surface area contributed by atoms with E-state index in [-0.39, 0.29) is 0 Å². The molecule has 0 bridgehead atoms. The quantitative estimate of drug-likeness (QED) is 0.559. The lowest BCUT2D eigenvalue weighted by molar-refractivity contribution is 1.21. The standard InChI is InChI=1S/C8H12NP/c1-6-4-7(2)9-8(5-6)10-3/h4-5,10H,1-3H3. The summed E-state index contributed by atoms with van der Waals surface area (Å²) in [7, 11) is 0.812. The number of aryl methyl sites for hydroxylation is 2. The Balaban J connectivity index is 3.06. The molecule has 0 aromatic carbocycles. The molecule has 1 unspecified atom stereocenters. The number of pyridine rings is 1. The smallest absolute Gasteiger partial charge is 0.0603 e. The Bertz CT molecular complexity index is 212. The summed E-state index contributed by atoms with van der Waals surface area (Å²) in [6.07, 6.45) is 0. The van der Waals surface area contributed by atoms with E-state index in [1.807, 2.05) is 6.92 Å². The number of nitrogens with zero attached hydrogens (tertiary/aromatic N) is 1. The molecule has 2 heteroatoms. The predicted octanol–water partition coefficient (Wildman–Crippen LogP) is 1.63. The van der Waals surface area contributed by atoms with Crippen molar-refractivity contribution in [3.8, 4) is 0 Å². The van der Waals surface area contributed by atoms with Crippen LogP contribution in [0.3, 0.4) is 0 Å². The summed E-state index contributed by atoms with van der Waals surface area (Å²) in [6, 6.07) is 4.25. The molecule has 1 heterocycles. The minimum Gasteiger partial charge on any atom is -0.254 e. The van der Waals surface area contributed by atoms with Crippen LogP contribution < -0.4 is 5.44 Å². The summed E-state index contributed by atoms with van der Waals surface area (Å²) >= 11 is 0. The van der Waals surface area contributed by atoms with Crippen LogP contribution in [-0.4, -0.2) is 11.6 Å². The molecule has 0 aliphatic heterocycles. The highest BCUT2D eigenvalue weighted by molar-refractivity contribution is 7.45. The van der Waals surface area contributed by atoms with Gasteiger partial charge in [-0.15, -0.1) is 0 Å². The van der Waals surface area contributed by atoms with E-state index >= 15 is 0 Å². The van der Waals surface area contributed by atoms with Gasteiger partial charge in [-0.25, -0.2) is 0 Å². The van der Waals surface area contributed by atoms with Gasteiger partial charge in [-0.2, -0.15) is 0 Å². The topological polar surface area (TPSA) is 12.9 Å². The third kappa shape index (κ3) is 1.78. The third-order valence-corrected chi connectivity index (χ3v) is 2.12. The predicted molar refractivity (Wildman–Crippen MR) is 47.6 cm³/mol. The zero-order valence-corrected chi connectivity index (χ0v) is 7.60. The van der Waals surface area contributed by atoms with Crippen molar-refractivity contribution >= 4 is 14.0 Å². The van der Waals surface area contributed by atoms with Crippen molar-refractivity contribution in [2.75, 3.05) is 6.66 Å². The molecule has 0 radical (unpaired) electrons. The van der Waals surface area contributed by atoms with Gasteiger partial charge in [-0.1, -0.05) is 8.58 Å². The van der Waals surface area contributed by atoms with Crippen LogP contribution in [0.4, 0.5) is 0 Å². The fraction of sp³-hybridized carbons (Fsp3) is 0.375. The van der Waals surface area contributed by atoms with E-state index in [1.54, 1.807) is 0 Å². The Kier molecular flexibility index (Phi) is 2.39. The van der Waals surface area contributed by atoms with Crippen LogP contribution in [0.5, 0.6) is 0 Å². The minimum absolute atomic E-state index is 0.812. The summed E-state index contributed by atoms with van der Waals surface area (Å²) in [5.41, 5.74) is 3.67. The maximum Gasteiger partial charge on any atom is 0.0603 e. The second-order valence-electron chi connectivity index (χ2n) is 2.42. The van der Waals surface area contributed by atoms with Crippen LogP contribution in [0.2, 0.25) is 0 Å². The van der Waals surface area contributed by atoms with Crippen molar-refractivity contribution in [1.82, 2.24) is 4.98 Å². The molecule has 0 spiro atoms. The molecule has 0 saturated carbocycles. The Labute approximate surface area is 63.7 Å². The summed E-state index contributed by atoms with van der Waals surface area (Å²) in [4.78, 5) is 4.36. The molecule has 0 aliphatic carbocycles. The maximum absolute atomic E-state index is 4.36. The van der Waals surface area contributed by atoms with Crippen molar-refractivity contribution in [2.24, 2.45) is 0 Å². The van der Waals surface area contributed by atoms with Gasteiger partial charge in [0.2, 0.25) is 0 Å². The van der Waals surface area contributed by atoms with Gasteiger partial charge in [0.05, 0.1) is 5.44 Å². The van der Waals surface area contributed by atoms with Crippen LogP contribution >= 0.6 is 8.58 Å². The first-order chi connectivity index (χ1) is 4.72. The molecule has 0 saturated heterocycles. The van der Waals surface area contributed by atoms with E-state index in [2.05, 4.69) is 30.7 Å². The second kappa shape index (κ2) is 3.12. The lowest BCUT2D eigenvalue weighted by atomic mass is 10.3. The highest BCUT2D eigenvalue weighted by atomic mass is 31.1. The molecule has 0 N–H and O–H groups in total. The van der Waals surface area contributed by atoms with Crippen LogP contribution in [0.15, 0.2) is 12.1 Å². The van der Waals surface area contributed by atoms with Crippen molar-refractivity contribution in [3.05, 3.63) is 23.4 Å². The van der Waals surface area contributed by atoms with Crippen LogP contribution in [0.1, 0.15) is 11.3 Å². The molecule has 1 aromatic heterocycles. The SMILES string of the molecule is CPc1cc(C)cc(C)n1. The molecular formula is C8H12NP. The molecule has 0 fully saturated rings. The molecule has 1 rings (SSSR count). The molecule has 54 valence electrons. The van der Waals surface area contributed by atoms with E-state index in [1.165, 1.54) is 11.0 Å². The minimum atomic E-state index is 0.812. The number of hydrogen-bond donors (Lipinski definition) is 0. The van der Waals surface area contributed by atoms with Gasteiger partial charge in [0.25, 0.3) is 0 Å². The van der Waals surface area contributed by atoms with Crippen molar-refractivity contribution in [2.45, 2.75) is 13.8 Å². The monoisotopic (exact) mass is 153 g/mol. The average molecular weight is 153 g/mol. The number of hydrogen-bond acceptors (Lipinski definition) is 1. The molecule has 1 atom stereocenters. The molecular weight excluding hydrogens is 141 g/mol. The van der Waals surface area contributed by atoms with Crippen LogP contribution in [0, 0.1) is 13.8 Å². The molecule has 0 amide bonds. The van der Waals surface area contributed by atoms with Gasteiger partial charge < -0.3 is 0 Å². The number of aromatic nitrogens is 1. The highest BCUT2D eigenvalue weighted by Gasteiger charge is 1.92. The zero-order valence-electron chi connectivity index (χ0n) is 6.60. The van der Waals surface area contributed by atoms with Gasteiger partial charge >= 0.3 is 0 Å². The Morgan fingerprint density at radius 1 is 1.30 bits per heavy atom. The average Bonchev–Trinajstić information content (AvgIpc) is 1.85. The maximum atomic E-state index is 4.36. The van der Waals surface area contributed by atoms with E-state index in [0.717, 1.165) is 14.3 Å². The lowest BCUT2D eigenvalue weighted by Crippen LogP contribution is -2.02. The first-order valence-corrected chi connectivity index (χ1v) is 4.85. The molecule has 1 nitrogen and oxygen atoms in total. The van der Waals surface area contributed by atoms with Gasteiger partial charge in [-0.05, 0) is 38.2 Å². The highest BCUT2D eigenvalue weighted by Crippen LogP contribution is 2.04. The zero-order chi connectivity index (χ0) is 7.56. The van der Waals surface area contributed by atoms with E-state index in [4.69, 9.17) is 0 Å². The van der Waals surface area contributed by atoms with Crippen LogP contribution in [0.25, 0.3) is 0 Å². The Morgan fingerprint density at radius 3 is 2.50 bits per heavy atom. The summed E-state index contributed by atoms with van der Waals surface area (Å²) < 4.78 is 0. The van der Waals surface area contributed by atoms with Crippen molar-refractivity contribution in [3.63, 3.8) is 0 Å². The Morgan fingerprint density at radius 2 is 2.00 bits per heavy atom. The third-order valence-electron chi connectivity index (χ3n) is 1.35. The van der Waals surface area contributed by atoms with Crippen LogP contribution in [-0.2, 0) is 0 Å². The van der Waals surface area contributed by atoms with E-state index in [9.17, 15) is 0 Å².